The largest absolute Gasteiger partial charge is 0.316 e. The first kappa shape index (κ1) is 12.6. The molecule has 2 nitrogen and oxygen atoms in total. The third-order valence-electron chi connectivity index (χ3n) is 3.30. The van der Waals surface area contributed by atoms with Gasteiger partial charge in [0.05, 0.1) is 3.79 Å². The lowest BCUT2D eigenvalue weighted by molar-refractivity contribution is 0.253. The second-order valence-corrected chi connectivity index (χ2v) is 7.14. The molecule has 1 saturated heterocycles. The van der Waals surface area contributed by atoms with Gasteiger partial charge in [-0.3, -0.25) is 0 Å². The molecule has 0 radical (unpaired) electrons. The van der Waals surface area contributed by atoms with E-state index < -0.39 is 0 Å². The molecule has 0 amide bonds. The molecule has 0 saturated carbocycles. The predicted octanol–water partition coefficient (Wildman–Crippen LogP) is 2.80. The Labute approximate surface area is 110 Å². The van der Waals surface area contributed by atoms with E-state index >= 15 is 0 Å². The van der Waals surface area contributed by atoms with Gasteiger partial charge in [0.25, 0.3) is 0 Å². The minimum Gasteiger partial charge on any atom is -0.316 e. The summed E-state index contributed by atoms with van der Waals surface area (Å²) in [5.41, 5.74) is 1.41. The van der Waals surface area contributed by atoms with E-state index in [1.807, 2.05) is 0 Å². The summed E-state index contributed by atoms with van der Waals surface area (Å²) in [6, 6.07) is 2.22. The second-order valence-electron chi connectivity index (χ2n) is 4.85. The predicted molar refractivity (Wildman–Crippen MR) is 73.9 cm³/mol. The third-order valence-corrected chi connectivity index (χ3v) is 4.85. The first-order chi connectivity index (χ1) is 7.65. The van der Waals surface area contributed by atoms with Gasteiger partial charge in [-0.1, -0.05) is 6.92 Å². The van der Waals surface area contributed by atoms with Crippen molar-refractivity contribution in [2.45, 2.75) is 13.5 Å². The van der Waals surface area contributed by atoms with Gasteiger partial charge in [0.2, 0.25) is 0 Å². The topological polar surface area (TPSA) is 15.3 Å². The zero-order valence-electron chi connectivity index (χ0n) is 9.87. The Morgan fingerprint density at radius 3 is 2.94 bits per heavy atom. The van der Waals surface area contributed by atoms with E-state index in [1.165, 1.54) is 29.0 Å². The summed E-state index contributed by atoms with van der Waals surface area (Å²) in [6.45, 7) is 6.97. The maximum atomic E-state index is 3.51. The maximum absolute atomic E-state index is 3.51. The molecule has 2 rings (SSSR count). The zero-order chi connectivity index (χ0) is 11.5. The lowest BCUT2D eigenvalue weighted by atomic mass is 9.98. The molecule has 90 valence electrons. The van der Waals surface area contributed by atoms with Crippen LogP contribution in [0.1, 0.15) is 12.5 Å². The lowest BCUT2D eigenvalue weighted by Gasteiger charge is -2.22. The quantitative estimate of drug-likeness (QED) is 0.920. The summed E-state index contributed by atoms with van der Waals surface area (Å²) >= 11 is 5.28. The molecule has 1 aliphatic rings. The third kappa shape index (κ3) is 3.29. The highest BCUT2D eigenvalue weighted by atomic mass is 79.9. The molecule has 1 fully saturated rings. The number of nitrogens with one attached hydrogen (secondary N) is 1. The van der Waals surface area contributed by atoms with Gasteiger partial charge in [-0.15, -0.1) is 11.3 Å². The zero-order valence-corrected chi connectivity index (χ0v) is 12.3. The first-order valence-electron chi connectivity index (χ1n) is 5.77. The van der Waals surface area contributed by atoms with Crippen molar-refractivity contribution < 1.29 is 0 Å². The molecular formula is C12H19BrN2S. The molecule has 0 unspecified atom stereocenters. The van der Waals surface area contributed by atoms with Gasteiger partial charge >= 0.3 is 0 Å². The SMILES string of the molecule is C[C@@H]1CNC[C@H]1CN(C)Cc1csc(Br)c1. The second kappa shape index (κ2) is 5.63. The smallest absolute Gasteiger partial charge is 0.0701 e. The van der Waals surface area contributed by atoms with E-state index in [2.05, 4.69) is 51.6 Å². The standard InChI is InChI=1S/C12H19BrN2S/c1-9-4-14-5-11(9)7-15(2)6-10-3-12(13)16-8-10/h3,8-9,11,14H,4-7H2,1-2H3/t9-,11+/m1/s1. The molecule has 1 aromatic rings. The van der Waals surface area contributed by atoms with Gasteiger partial charge in [-0.05, 0) is 64.9 Å². The van der Waals surface area contributed by atoms with Crippen LogP contribution in [0.4, 0.5) is 0 Å². The fraction of sp³-hybridized carbons (Fsp3) is 0.667. The Morgan fingerprint density at radius 2 is 2.38 bits per heavy atom. The molecule has 2 heterocycles. The van der Waals surface area contributed by atoms with Gasteiger partial charge in [-0.2, -0.15) is 0 Å². The van der Waals surface area contributed by atoms with Crippen LogP contribution in [0.3, 0.4) is 0 Å². The van der Waals surface area contributed by atoms with Crippen LogP contribution in [-0.4, -0.2) is 31.6 Å². The number of hydrogen-bond donors (Lipinski definition) is 1. The minimum atomic E-state index is 0.812. The lowest BCUT2D eigenvalue weighted by Crippen LogP contribution is -2.28. The first-order valence-corrected chi connectivity index (χ1v) is 7.44. The molecule has 0 aromatic carbocycles. The van der Waals surface area contributed by atoms with E-state index in [0.717, 1.165) is 18.4 Å². The molecule has 1 aromatic heterocycles. The van der Waals surface area contributed by atoms with Crippen molar-refractivity contribution in [1.82, 2.24) is 10.2 Å². The summed E-state index contributed by atoms with van der Waals surface area (Å²) in [6.07, 6.45) is 0. The Bertz CT molecular complexity index is 340. The van der Waals surface area contributed by atoms with Crippen LogP contribution in [0, 0.1) is 11.8 Å². The van der Waals surface area contributed by atoms with Crippen molar-refractivity contribution in [1.29, 1.82) is 0 Å². The molecule has 16 heavy (non-hydrogen) atoms. The average Bonchev–Trinajstić information content (AvgIpc) is 2.77. The van der Waals surface area contributed by atoms with Crippen LogP contribution in [-0.2, 0) is 6.54 Å². The summed E-state index contributed by atoms with van der Waals surface area (Å²) in [5, 5.41) is 5.70. The Morgan fingerprint density at radius 1 is 1.56 bits per heavy atom. The van der Waals surface area contributed by atoms with E-state index in [-0.39, 0.29) is 0 Å². The molecule has 4 heteroatoms. The number of thiophene rings is 1. The van der Waals surface area contributed by atoms with Crippen LogP contribution < -0.4 is 5.32 Å². The van der Waals surface area contributed by atoms with Crippen molar-refractivity contribution in [3.63, 3.8) is 0 Å². The van der Waals surface area contributed by atoms with Crippen molar-refractivity contribution >= 4 is 27.3 Å². The van der Waals surface area contributed by atoms with Crippen molar-refractivity contribution in [2.24, 2.45) is 11.8 Å². The highest BCUT2D eigenvalue weighted by Crippen LogP contribution is 2.22. The van der Waals surface area contributed by atoms with E-state index in [0.29, 0.717) is 0 Å². The van der Waals surface area contributed by atoms with Gasteiger partial charge in [0.1, 0.15) is 0 Å². The molecule has 0 aliphatic carbocycles. The monoisotopic (exact) mass is 302 g/mol. The molecule has 2 atom stereocenters. The number of nitrogens with zero attached hydrogens (tertiary/aromatic N) is 1. The van der Waals surface area contributed by atoms with E-state index in [1.54, 1.807) is 11.3 Å². The summed E-state index contributed by atoms with van der Waals surface area (Å²) < 4.78 is 1.23. The van der Waals surface area contributed by atoms with Crippen LogP contribution >= 0.6 is 27.3 Å². The Balaban J connectivity index is 1.82. The molecule has 0 spiro atoms. The van der Waals surface area contributed by atoms with E-state index in [4.69, 9.17) is 0 Å². The fourth-order valence-electron chi connectivity index (χ4n) is 2.31. The molecule has 1 N–H and O–H groups in total. The van der Waals surface area contributed by atoms with Gasteiger partial charge in [0, 0.05) is 13.1 Å². The van der Waals surface area contributed by atoms with Crippen LogP contribution in [0.15, 0.2) is 15.2 Å². The molecule has 0 bridgehead atoms. The molecule has 1 aliphatic heterocycles. The van der Waals surface area contributed by atoms with Crippen molar-refractivity contribution in [3.8, 4) is 0 Å². The molecular weight excluding hydrogens is 284 g/mol. The van der Waals surface area contributed by atoms with E-state index in [9.17, 15) is 0 Å². The van der Waals surface area contributed by atoms with Crippen LogP contribution in [0.5, 0.6) is 0 Å². The average molecular weight is 303 g/mol. The Hall–Kier alpha value is 0.100. The van der Waals surface area contributed by atoms with Crippen molar-refractivity contribution in [3.05, 3.63) is 20.8 Å². The van der Waals surface area contributed by atoms with Gasteiger partial charge < -0.3 is 10.2 Å². The number of hydrogen-bond acceptors (Lipinski definition) is 3. The van der Waals surface area contributed by atoms with Gasteiger partial charge in [-0.25, -0.2) is 0 Å². The minimum absolute atomic E-state index is 0.812. The van der Waals surface area contributed by atoms with Crippen molar-refractivity contribution in [2.75, 3.05) is 26.7 Å². The number of halogens is 1. The van der Waals surface area contributed by atoms with Crippen LogP contribution in [0.25, 0.3) is 0 Å². The highest BCUT2D eigenvalue weighted by molar-refractivity contribution is 9.11. The Kier molecular flexibility index (Phi) is 4.41. The van der Waals surface area contributed by atoms with Gasteiger partial charge in [0.15, 0.2) is 0 Å². The summed E-state index contributed by atoms with van der Waals surface area (Å²) in [4.78, 5) is 2.43. The highest BCUT2D eigenvalue weighted by Gasteiger charge is 2.23. The number of rotatable bonds is 4. The maximum Gasteiger partial charge on any atom is 0.0701 e. The van der Waals surface area contributed by atoms with Crippen LogP contribution in [0.2, 0.25) is 0 Å². The fourth-order valence-corrected chi connectivity index (χ4v) is 3.51. The normalized spacial score (nSPS) is 25.5. The summed E-state index contributed by atoms with van der Waals surface area (Å²) in [5.74, 6) is 1.63. The summed E-state index contributed by atoms with van der Waals surface area (Å²) in [7, 11) is 2.22.